The van der Waals surface area contributed by atoms with E-state index in [1.165, 1.54) is 43.9 Å². The van der Waals surface area contributed by atoms with Crippen molar-refractivity contribution in [2.24, 2.45) is 5.92 Å². The first-order valence-electron chi connectivity index (χ1n) is 11.6. The molecule has 0 atom stereocenters. The van der Waals surface area contributed by atoms with Crippen molar-refractivity contribution in [3.63, 3.8) is 0 Å². The monoisotopic (exact) mass is 495 g/mol. The number of aromatic nitrogens is 1. The average Bonchev–Trinajstić information content (AvgIpc) is 2.87. The highest BCUT2D eigenvalue weighted by atomic mass is 32.2. The lowest BCUT2D eigenvalue weighted by Crippen LogP contribution is -2.19. The molecule has 8 nitrogen and oxygen atoms in total. The molecule has 1 aromatic heterocycles. The molecule has 9 heteroatoms. The molecule has 2 amide bonds. The molecule has 3 aromatic rings. The molecule has 0 spiro atoms. The topological polar surface area (TPSA) is 110 Å². The molecular weight excluding hydrogens is 466 g/mol. The predicted octanol–water partition coefficient (Wildman–Crippen LogP) is 6.02. The number of anilines is 2. The lowest BCUT2D eigenvalue weighted by Gasteiger charge is -2.22. The number of ether oxygens (including phenoxy) is 2. The number of carbonyl (C=O) groups is 2. The second-order valence-corrected chi connectivity index (χ2v) is 9.50. The summed E-state index contributed by atoms with van der Waals surface area (Å²) in [6.45, 7) is 0.816. The fraction of sp³-hybridized carbons (Fsp3) is 0.346. The van der Waals surface area contributed by atoms with Crippen molar-refractivity contribution in [3.8, 4) is 11.5 Å². The van der Waals surface area contributed by atoms with Gasteiger partial charge in [0.05, 0.1) is 30.7 Å². The zero-order valence-electron chi connectivity index (χ0n) is 19.6. The van der Waals surface area contributed by atoms with E-state index in [0.717, 1.165) is 33.9 Å². The van der Waals surface area contributed by atoms with Gasteiger partial charge in [-0.3, -0.25) is 15.1 Å². The molecule has 35 heavy (non-hydrogen) atoms. The molecular formula is C26H29N3O5S. The molecule has 0 unspecified atom stereocenters. The van der Waals surface area contributed by atoms with Crippen LogP contribution in [-0.4, -0.2) is 41.6 Å². The van der Waals surface area contributed by atoms with Gasteiger partial charge in [0.15, 0.2) is 0 Å². The predicted molar refractivity (Wildman–Crippen MR) is 138 cm³/mol. The Kier molecular flexibility index (Phi) is 8.31. The second kappa shape index (κ2) is 11.8. The van der Waals surface area contributed by atoms with Crippen LogP contribution < -0.4 is 20.1 Å². The summed E-state index contributed by atoms with van der Waals surface area (Å²) in [6, 6.07) is 12.9. The van der Waals surface area contributed by atoms with Gasteiger partial charge in [-0.15, -0.1) is 11.8 Å². The van der Waals surface area contributed by atoms with E-state index in [-0.39, 0.29) is 5.91 Å². The molecule has 3 N–H and O–H groups in total. The SMILES string of the molecule is COc1ccc2nccc(OCC3CCCCC3)c2c1.O=C(O)Nc1ccc2c(c1)NC(=O)CS2. The minimum Gasteiger partial charge on any atom is -0.497 e. The van der Waals surface area contributed by atoms with Crippen molar-refractivity contribution in [1.82, 2.24) is 4.98 Å². The highest BCUT2D eigenvalue weighted by molar-refractivity contribution is 8.00. The number of fused-ring (bicyclic) bond motifs is 2. The number of amides is 2. The number of hydrogen-bond donors (Lipinski definition) is 3. The molecule has 1 saturated carbocycles. The number of rotatable bonds is 5. The fourth-order valence-electron chi connectivity index (χ4n) is 4.20. The third-order valence-electron chi connectivity index (χ3n) is 5.97. The number of carbonyl (C=O) groups excluding carboxylic acids is 1. The summed E-state index contributed by atoms with van der Waals surface area (Å²) in [4.78, 5) is 26.8. The maximum atomic E-state index is 11.1. The van der Waals surface area contributed by atoms with Gasteiger partial charge in [0.1, 0.15) is 11.5 Å². The number of benzene rings is 2. The van der Waals surface area contributed by atoms with E-state index < -0.39 is 6.09 Å². The second-order valence-electron chi connectivity index (χ2n) is 8.49. The highest BCUT2D eigenvalue weighted by Gasteiger charge is 2.16. The number of hydrogen-bond acceptors (Lipinski definition) is 6. The largest absolute Gasteiger partial charge is 0.497 e. The highest BCUT2D eigenvalue weighted by Crippen LogP contribution is 2.33. The minimum absolute atomic E-state index is 0.0695. The molecule has 1 fully saturated rings. The number of carboxylic acid groups (broad SMARTS) is 1. The molecule has 2 aliphatic rings. The van der Waals surface area contributed by atoms with E-state index in [0.29, 0.717) is 23.0 Å². The standard InChI is InChI=1S/C17H21NO2.C9H8N2O3S/c1-19-14-7-8-16-15(11-14)17(9-10-18-16)20-12-13-5-3-2-4-6-13;12-8-4-15-7-2-1-5(10-9(13)14)3-6(7)11-8/h7-11,13H,2-6,12H2,1H3;1-3,10H,4H2,(H,11,12)(H,13,14). The summed E-state index contributed by atoms with van der Waals surface area (Å²) in [5, 5.41) is 14.5. The summed E-state index contributed by atoms with van der Waals surface area (Å²) in [7, 11) is 1.68. The number of methoxy groups -OCH3 is 1. The third kappa shape index (κ3) is 6.79. The number of pyridine rings is 1. The minimum atomic E-state index is -1.12. The van der Waals surface area contributed by atoms with Crippen LogP contribution in [0.4, 0.5) is 16.2 Å². The summed E-state index contributed by atoms with van der Waals surface area (Å²) in [5.74, 6) is 2.80. The van der Waals surface area contributed by atoms with Crippen LogP contribution in [-0.2, 0) is 4.79 Å². The summed E-state index contributed by atoms with van der Waals surface area (Å²) >= 11 is 1.44. The van der Waals surface area contributed by atoms with Crippen LogP contribution in [0.3, 0.4) is 0 Å². The summed E-state index contributed by atoms with van der Waals surface area (Å²) < 4.78 is 11.4. The Balaban J connectivity index is 0.000000172. The van der Waals surface area contributed by atoms with E-state index >= 15 is 0 Å². The van der Waals surface area contributed by atoms with Gasteiger partial charge in [-0.25, -0.2) is 4.79 Å². The van der Waals surface area contributed by atoms with E-state index in [9.17, 15) is 9.59 Å². The summed E-state index contributed by atoms with van der Waals surface area (Å²) in [6.07, 6.45) is 7.36. The smallest absolute Gasteiger partial charge is 0.409 e. The van der Waals surface area contributed by atoms with Crippen molar-refractivity contribution in [3.05, 3.63) is 48.7 Å². The number of thioether (sulfide) groups is 1. The van der Waals surface area contributed by atoms with Crippen LogP contribution in [0, 0.1) is 5.92 Å². The first kappa shape index (κ1) is 24.7. The van der Waals surface area contributed by atoms with Crippen molar-refractivity contribution >= 4 is 46.0 Å². The van der Waals surface area contributed by atoms with Crippen LogP contribution in [0.25, 0.3) is 10.9 Å². The Morgan fingerprint density at radius 2 is 2.00 bits per heavy atom. The molecule has 0 bridgehead atoms. The molecule has 184 valence electrons. The molecule has 0 saturated heterocycles. The third-order valence-corrected chi connectivity index (χ3v) is 7.05. The molecule has 2 heterocycles. The van der Waals surface area contributed by atoms with Crippen LogP contribution in [0.15, 0.2) is 53.6 Å². The van der Waals surface area contributed by atoms with E-state index in [4.69, 9.17) is 14.6 Å². The van der Waals surface area contributed by atoms with Crippen molar-refractivity contribution in [1.29, 1.82) is 0 Å². The van der Waals surface area contributed by atoms with Crippen LogP contribution >= 0.6 is 11.8 Å². The zero-order valence-corrected chi connectivity index (χ0v) is 20.4. The Labute approximate surface area is 208 Å². The fourth-order valence-corrected chi connectivity index (χ4v) is 4.99. The normalized spacial score (nSPS) is 15.3. The van der Waals surface area contributed by atoms with Gasteiger partial charge >= 0.3 is 6.09 Å². The number of nitrogens with zero attached hydrogens (tertiary/aromatic N) is 1. The van der Waals surface area contributed by atoms with Crippen molar-refractivity contribution in [2.75, 3.05) is 30.1 Å². The lowest BCUT2D eigenvalue weighted by atomic mass is 9.90. The van der Waals surface area contributed by atoms with Gasteiger partial charge in [-0.2, -0.15) is 0 Å². The molecule has 2 aromatic carbocycles. The van der Waals surface area contributed by atoms with Gasteiger partial charge in [0.2, 0.25) is 5.91 Å². The van der Waals surface area contributed by atoms with Gasteiger partial charge in [0.25, 0.3) is 0 Å². The zero-order chi connectivity index (χ0) is 24.6. The molecule has 5 rings (SSSR count). The van der Waals surface area contributed by atoms with E-state index in [1.807, 2.05) is 30.5 Å². The van der Waals surface area contributed by atoms with Crippen LogP contribution in [0.2, 0.25) is 0 Å². The van der Waals surface area contributed by atoms with Gasteiger partial charge < -0.3 is 19.9 Å². The Morgan fingerprint density at radius 3 is 2.77 bits per heavy atom. The maximum absolute atomic E-state index is 11.1. The first-order valence-corrected chi connectivity index (χ1v) is 12.6. The van der Waals surface area contributed by atoms with Crippen LogP contribution in [0.1, 0.15) is 32.1 Å². The Bertz CT molecular complexity index is 1200. The van der Waals surface area contributed by atoms with E-state index in [1.54, 1.807) is 25.3 Å². The average molecular weight is 496 g/mol. The molecule has 1 aliphatic carbocycles. The molecule has 1 aliphatic heterocycles. The Hall–Kier alpha value is -3.46. The van der Waals surface area contributed by atoms with Crippen molar-refractivity contribution < 1.29 is 24.2 Å². The summed E-state index contributed by atoms with van der Waals surface area (Å²) in [5.41, 5.74) is 2.05. The maximum Gasteiger partial charge on any atom is 0.409 e. The van der Waals surface area contributed by atoms with Gasteiger partial charge in [-0.1, -0.05) is 19.3 Å². The first-order chi connectivity index (χ1) is 17.0. The van der Waals surface area contributed by atoms with Crippen molar-refractivity contribution in [2.45, 2.75) is 37.0 Å². The molecule has 0 radical (unpaired) electrons. The van der Waals surface area contributed by atoms with Gasteiger partial charge in [0, 0.05) is 22.2 Å². The Morgan fingerprint density at radius 1 is 1.17 bits per heavy atom. The van der Waals surface area contributed by atoms with Crippen LogP contribution in [0.5, 0.6) is 11.5 Å². The number of nitrogens with one attached hydrogen (secondary N) is 2. The quantitative estimate of drug-likeness (QED) is 0.397. The van der Waals surface area contributed by atoms with E-state index in [2.05, 4.69) is 15.6 Å². The lowest BCUT2D eigenvalue weighted by molar-refractivity contribution is -0.113. The van der Waals surface area contributed by atoms with Gasteiger partial charge in [-0.05, 0) is 61.2 Å².